The van der Waals surface area contributed by atoms with E-state index in [0.29, 0.717) is 22.2 Å². The first-order valence-electron chi connectivity index (χ1n) is 9.24. The van der Waals surface area contributed by atoms with E-state index in [1.807, 2.05) is 18.2 Å². The van der Waals surface area contributed by atoms with Gasteiger partial charge in [0, 0.05) is 29.2 Å². The summed E-state index contributed by atoms with van der Waals surface area (Å²) >= 11 is 0. The molecule has 0 unspecified atom stereocenters. The van der Waals surface area contributed by atoms with Gasteiger partial charge >= 0.3 is 11.9 Å². The first-order chi connectivity index (χ1) is 14.5. The molecular weight excluding hydrogens is 388 g/mol. The molecule has 0 saturated heterocycles. The first kappa shape index (κ1) is 20.9. The molecule has 1 aromatic heterocycles. The van der Waals surface area contributed by atoms with Crippen LogP contribution in [0, 0.1) is 0 Å². The van der Waals surface area contributed by atoms with E-state index in [-0.39, 0.29) is 13.1 Å². The predicted molar refractivity (Wildman–Crippen MR) is 109 cm³/mol. The molecule has 0 radical (unpaired) electrons. The minimum atomic E-state index is -0.598. The fraction of sp³-hybridized carbons (Fsp3) is 0.227. The number of carbonyl (C=O) groups excluding carboxylic acids is 3. The van der Waals surface area contributed by atoms with E-state index in [9.17, 15) is 14.4 Å². The van der Waals surface area contributed by atoms with Gasteiger partial charge in [0.25, 0.3) is 5.91 Å². The van der Waals surface area contributed by atoms with Gasteiger partial charge in [0.15, 0.2) is 6.61 Å². The molecule has 0 aliphatic rings. The van der Waals surface area contributed by atoms with Crippen LogP contribution in [0.5, 0.6) is 5.75 Å². The van der Waals surface area contributed by atoms with Crippen LogP contribution in [0.4, 0.5) is 0 Å². The third-order valence-electron chi connectivity index (χ3n) is 4.53. The molecular formula is C22H22N2O6. The number of hydrogen-bond acceptors (Lipinski definition) is 6. The fourth-order valence-corrected chi connectivity index (χ4v) is 3.07. The first-order valence-corrected chi connectivity index (χ1v) is 9.24. The molecule has 8 heteroatoms. The maximum absolute atomic E-state index is 12.2. The van der Waals surface area contributed by atoms with Gasteiger partial charge in [0.05, 0.1) is 19.8 Å². The van der Waals surface area contributed by atoms with Crippen LogP contribution < -0.4 is 10.1 Å². The van der Waals surface area contributed by atoms with E-state index in [2.05, 4.69) is 5.32 Å². The van der Waals surface area contributed by atoms with Crippen molar-refractivity contribution in [1.82, 2.24) is 9.88 Å². The molecule has 1 amide bonds. The summed E-state index contributed by atoms with van der Waals surface area (Å²) in [5, 5.41) is 3.36. The number of rotatable bonds is 8. The lowest BCUT2D eigenvalue weighted by Gasteiger charge is -2.10. The highest BCUT2D eigenvalue weighted by Gasteiger charge is 2.17. The number of amides is 1. The van der Waals surface area contributed by atoms with Gasteiger partial charge in [-0.25, -0.2) is 4.79 Å². The van der Waals surface area contributed by atoms with Crippen LogP contribution >= 0.6 is 0 Å². The quantitative estimate of drug-likeness (QED) is 0.573. The van der Waals surface area contributed by atoms with Crippen molar-refractivity contribution in [3.63, 3.8) is 0 Å². The number of hydrogen-bond donors (Lipinski definition) is 1. The molecule has 1 N–H and O–H groups in total. The Balaban J connectivity index is 1.57. The molecule has 1 heterocycles. The molecule has 8 nitrogen and oxygen atoms in total. The Kier molecular flexibility index (Phi) is 6.69. The Morgan fingerprint density at radius 3 is 2.50 bits per heavy atom. The Hall–Kier alpha value is -3.81. The van der Waals surface area contributed by atoms with Gasteiger partial charge in [0.1, 0.15) is 12.3 Å². The number of benzene rings is 2. The minimum absolute atomic E-state index is 0.142. The smallest absolute Gasteiger partial charge is 0.340 e. The van der Waals surface area contributed by atoms with E-state index in [1.165, 1.54) is 7.11 Å². The highest BCUT2D eigenvalue weighted by atomic mass is 16.5. The average molecular weight is 410 g/mol. The van der Waals surface area contributed by atoms with Gasteiger partial charge in [-0.05, 0) is 12.1 Å². The van der Waals surface area contributed by atoms with Crippen molar-refractivity contribution in [3.05, 3.63) is 65.9 Å². The third-order valence-corrected chi connectivity index (χ3v) is 4.53. The zero-order valence-electron chi connectivity index (χ0n) is 16.7. The van der Waals surface area contributed by atoms with E-state index in [1.54, 1.807) is 48.2 Å². The van der Waals surface area contributed by atoms with E-state index < -0.39 is 24.5 Å². The van der Waals surface area contributed by atoms with Gasteiger partial charge in [0.2, 0.25) is 0 Å². The predicted octanol–water partition coefficient (Wildman–Crippen LogP) is 2.30. The molecule has 3 rings (SSSR count). The lowest BCUT2D eigenvalue weighted by Crippen LogP contribution is -2.29. The van der Waals surface area contributed by atoms with Crippen LogP contribution in [0.3, 0.4) is 0 Å². The Bertz CT molecular complexity index is 1070. The Labute approximate surface area is 173 Å². The molecule has 0 fully saturated rings. The number of fused-ring (bicyclic) bond motifs is 1. The van der Waals surface area contributed by atoms with Crippen LogP contribution in [0.2, 0.25) is 0 Å². The van der Waals surface area contributed by atoms with Crippen molar-refractivity contribution in [2.45, 2.75) is 13.1 Å². The van der Waals surface area contributed by atoms with Crippen molar-refractivity contribution in [2.24, 2.45) is 0 Å². The Morgan fingerprint density at radius 2 is 1.73 bits per heavy atom. The zero-order chi connectivity index (χ0) is 21.5. The fourth-order valence-electron chi connectivity index (χ4n) is 3.07. The molecule has 0 aliphatic carbocycles. The second-order valence-electron chi connectivity index (χ2n) is 6.43. The van der Waals surface area contributed by atoms with Crippen LogP contribution in [0.1, 0.15) is 15.9 Å². The van der Waals surface area contributed by atoms with Gasteiger partial charge in [-0.1, -0.05) is 36.4 Å². The number of carbonyl (C=O) groups is 3. The number of nitrogens with one attached hydrogen (secondary N) is 1. The average Bonchev–Trinajstić information content (AvgIpc) is 3.14. The second kappa shape index (κ2) is 9.60. The number of methoxy groups -OCH3 is 2. The number of ether oxygens (including phenoxy) is 3. The highest BCUT2D eigenvalue weighted by Crippen LogP contribution is 2.22. The van der Waals surface area contributed by atoms with Crippen LogP contribution in [0.25, 0.3) is 10.9 Å². The van der Waals surface area contributed by atoms with Gasteiger partial charge in [-0.15, -0.1) is 0 Å². The molecule has 0 aliphatic heterocycles. The summed E-state index contributed by atoms with van der Waals surface area (Å²) in [6.07, 6.45) is 1.54. The molecule has 0 atom stereocenters. The summed E-state index contributed by atoms with van der Waals surface area (Å²) in [7, 11) is 2.85. The maximum Gasteiger partial charge on any atom is 0.340 e. The minimum Gasteiger partial charge on any atom is -0.496 e. The topological polar surface area (TPSA) is 95.9 Å². The van der Waals surface area contributed by atoms with Crippen LogP contribution in [-0.2, 0) is 32.2 Å². The Morgan fingerprint density at radius 1 is 1.00 bits per heavy atom. The highest BCUT2D eigenvalue weighted by molar-refractivity contribution is 6.04. The maximum atomic E-state index is 12.2. The largest absolute Gasteiger partial charge is 0.496 e. The molecule has 0 saturated carbocycles. The second-order valence-corrected chi connectivity index (χ2v) is 6.43. The SMILES string of the molecule is COC(=O)c1cn(CC(=O)OCC(=O)NCc2ccccc2OC)c2ccccc12. The number of nitrogens with zero attached hydrogens (tertiary/aromatic N) is 1. The number of aromatic nitrogens is 1. The summed E-state index contributed by atoms with van der Waals surface area (Å²) in [4.78, 5) is 36.2. The molecule has 156 valence electrons. The van der Waals surface area contributed by atoms with Crippen molar-refractivity contribution in [1.29, 1.82) is 0 Å². The molecule has 0 bridgehead atoms. The van der Waals surface area contributed by atoms with Crippen molar-refractivity contribution in [2.75, 3.05) is 20.8 Å². The van der Waals surface area contributed by atoms with Gasteiger partial charge in [-0.3, -0.25) is 9.59 Å². The van der Waals surface area contributed by atoms with Crippen molar-refractivity contribution >= 4 is 28.7 Å². The summed E-state index contributed by atoms with van der Waals surface area (Å²) in [6.45, 7) is -0.292. The van der Waals surface area contributed by atoms with Crippen molar-refractivity contribution < 1.29 is 28.6 Å². The standard InChI is InChI=1S/C22H22N2O6/c1-28-19-10-6-3-7-15(19)11-23-20(25)14-30-21(26)13-24-12-17(22(27)29-2)16-8-4-5-9-18(16)24/h3-10,12H,11,13-14H2,1-2H3,(H,23,25). The van der Waals surface area contributed by atoms with E-state index in [0.717, 1.165) is 5.56 Å². The monoisotopic (exact) mass is 410 g/mol. The summed E-state index contributed by atoms with van der Waals surface area (Å²) in [5.41, 5.74) is 1.86. The van der Waals surface area contributed by atoms with E-state index in [4.69, 9.17) is 14.2 Å². The lowest BCUT2D eigenvalue weighted by molar-refractivity contribution is -0.149. The van der Waals surface area contributed by atoms with Crippen molar-refractivity contribution in [3.8, 4) is 5.75 Å². The van der Waals surface area contributed by atoms with Gasteiger partial charge < -0.3 is 24.1 Å². The lowest BCUT2D eigenvalue weighted by atomic mass is 10.2. The third kappa shape index (κ3) is 4.78. The molecule has 0 spiro atoms. The number of esters is 2. The molecule has 30 heavy (non-hydrogen) atoms. The van der Waals surface area contributed by atoms with Gasteiger partial charge in [-0.2, -0.15) is 0 Å². The number of para-hydroxylation sites is 2. The summed E-state index contributed by atoms with van der Waals surface area (Å²) < 4.78 is 16.7. The molecule has 2 aromatic carbocycles. The van der Waals surface area contributed by atoms with Crippen LogP contribution in [-0.4, -0.2) is 43.2 Å². The summed E-state index contributed by atoms with van der Waals surface area (Å²) in [5.74, 6) is -0.855. The normalized spacial score (nSPS) is 10.5. The van der Waals surface area contributed by atoms with Crippen LogP contribution in [0.15, 0.2) is 54.7 Å². The zero-order valence-corrected chi connectivity index (χ0v) is 16.7. The summed E-state index contributed by atoms with van der Waals surface area (Å²) in [6, 6.07) is 14.5. The van der Waals surface area contributed by atoms with E-state index >= 15 is 0 Å². The molecule has 3 aromatic rings.